The van der Waals surface area contributed by atoms with Gasteiger partial charge in [0.25, 0.3) is 0 Å². The van der Waals surface area contributed by atoms with Crippen molar-refractivity contribution in [3.8, 4) is 0 Å². The minimum Gasteiger partial charge on any atom is -0.467 e. The van der Waals surface area contributed by atoms with E-state index in [0.717, 1.165) is 12.8 Å². The van der Waals surface area contributed by atoms with Crippen molar-refractivity contribution < 1.29 is 19.1 Å². The van der Waals surface area contributed by atoms with Crippen LogP contribution in [0.3, 0.4) is 0 Å². The van der Waals surface area contributed by atoms with Gasteiger partial charge in [0.2, 0.25) is 5.91 Å². The molecule has 1 amide bonds. The summed E-state index contributed by atoms with van der Waals surface area (Å²) in [6.07, 6.45) is 4.69. The van der Waals surface area contributed by atoms with Gasteiger partial charge in [-0.1, -0.05) is 6.08 Å². The summed E-state index contributed by atoms with van der Waals surface area (Å²) in [6, 6.07) is -0.567. The number of unbranched alkanes of at least 4 members (excludes halogenated alkanes) is 1. The highest BCUT2D eigenvalue weighted by atomic mass is 16.5. The largest absolute Gasteiger partial charge is 0.467 e. The third kappa shape index (κ3) is 4.49. The number of esters is 1. The molecular weight excluding hydrogens is 234 g/mol. The average molecular weight is 255 g/mol. The fraction of sp³-hybridized carbons (Fsp3) is 0.692. The SMILES string of the molecule is C=CCCC[C@H](NC(=O)[C@@H]1CCOC1)C(=O)OC. The number of carbonyl (C=O) groups excluding carboxylic acids is 2. The van der Waals surface area contributed by atoms with Crippen LogP contribution in [0.15, 0.2) is 12.7 Å². The maximum atomic E-state index is 11.9. The third-order valence-electron chi connectivity index (χ3n) is 3.00. The van der Waals surface area contributed by atoms with Gasteiger partial charge < -0.3 is 14.8 Å². The maximum absolute atomic E-state index is 11.9. The number of ether oxygens (including phenoxy) is 2. The molecule has 0 bridgehead atoms. The van der Waals surface area contributed by atoms with Crippen molar-refractivity contribution in [2.24, 2.45) is 5.92 Å². The van der Waals surface area contributed by atoms with E-state index in [9.17, 15) is 9.59 Å². The predicted molar refractivity (Wildman–Crippen MR) is 66.9 cm³/mol. The van der Waals surface area contributed by atoms with Crippen LogP contribution in [0.4, 0.5) is 0 Å². The van der Waals surface area contributed by atoms with E-state index >= 15 is 0 Å². The highest BCUT2D eigenvalue weighted by Crippen LogP contribution is 2.13. The summed E-state index contributed by atoms with van der Waals surface area (Å²) in [7, 11) is 1.33. The number of allylic oxidation sites excluding steroid dienone is 1. The van der Waals surface area contributed by atoms with Gasteiger partial charge in [0, 0.05) is 6.61 Å². The molecule has 1 rings (SSSR count). The molecule has 1 aliphatic rings. The van der Waals surface area contributed by atoms with Crippen molar-refractivity contribution in [3.63, 3.8) is 0 Å². The van der Waals surface area contributed by atoms with Crippen molar-refractivity contribution in [1.29, 1.82) is 0 Å². The normalized spacial score (nSPS) is 20.2. The Labute approximate surface area is 108 Å². The number of nitrogens with one attached hydrogen (secondary N) is 1. The Morgan fingerprint density at radius 2 is 2.39 bits per heavy atom. The Bertz CT molecular complexity index is 297. The zero-order chi connectivity index (χ0) is 13.4. The summed E-state index contributed by atoms with van der Waals surface area (Å²) in [5, 5.41) is 2.74. The van der Waals surface area contributed by atoms with Crippen LogP contribution in [-0.2, 0) is 19.1 Å². The summed E-state index contributed by atoms with van der Waals surface area (Å²) in [5.41, 5.74) is 0. The van der Waals surface area contributed by atoms with E-state index in [1.807, 2.05) is 0 Å². The van der Waals surface area contributed by atoms with Crippen LogP contribution in [0.1, 0.15) is 25.7 Å². The number of hydrogen-bond donors (Lipinski definition) is 1. The Morgan fingerprint density at radius 1 is 1.61 bits per heavy atom. The first kappa shape index (κ1) is 14.7. The molecule has 1 N–H and O–H groups in total. The first-order chi connectivity index (χ1) is 8.69. The molecule has 2 atom stereocenters. The Kier molecular flexibility index (Phi) is 6.43. The number of carbonyl (C=O) groups is 2. The smallest absolute Gasteiger partial charge is 0.328 e. The molecule has 0 aromatic heterocycles. The van der Waals surface area contributed by atoms with Crippen LogP contribution in [0.5, 0.6) is 0 Å². The fourth-order valence-corrected chi connectivity index (χ4v) is 1.89. The van der Waals surface area contributed by atoms with E-state index in [1.54, 1.807) is 6.08 Å². The van der Waals surface area contributed by atoms with Gasteiger partial charge in [-0.05, 0) is 25.7 Å². The summed E-state index contributed by atoms with van der Waals surface area (Å²) in [5.74, 6) is -0.663. The summed E-state index contributed by atoms with van der Waals surface area (Å²) in [4.78, 5) is 23.5. The van der Waals surface area contributed by atoms with Crippen LogP contribution in [0.25, 0.3) is 0 Å². The molecule has 0 radical (unpaired) electrons. The molecule has 0 unspecified atom stereocenters. The molecule has 1 heterocycles. The van der Waals surface area contributed by atoms with E-state index in [1.165, 1.54) is 7.11 Å². The van der Waals surface area contributed by atoms with Gasteiger partial charge in [0.1, 0.15) is 6.04 Å². The Balaban J connectivity index is 2.45. The van der Waals surface area contributed by atoms with Crippen molar-refractivity contribution in [2.45, 2.75) is 31.7 Å². The van der Waals surface area contributed by atoms with Crippen LogP contribution in [-0.4, -0.2) is 38.2 Å². The van der Waals surface area contributed by atoms with Gasteiger partial charge in [-0.3, -0.25) is 4.79 Å². The number of hydrogen-bond acceptors (Lipinski definition) is 4. The fourth-order valence-electron chi connectivity index (χ4n) is 1.89. The number of amides is 1. The van der Waals surface area contributed by atoms with Crippen LogP contribution in [0.2, 0.25) is 0 Å². The minimum atomic E-state index is -0.567. The highest BCUT2D eigenvalue weighted by Gasteiger charge is 2.28. The third-order valence-corrected chi connectivity index (χ3v) is 3.00. The molecule has 1 saturated heterocycles. The zero-order valence-corrected chi connectivity index (χ0v) is 10.8. The van der Waals surface area contributed by atoms with E-state index in [-0.39, 0.29) is 11.8 Å². The molecule has 1 aliphatic heterocycles. The summed E-state index contributed by atoms with van der Waals surface area (Å²) >= 11 is 0. The van der Waals surface area contributed by atoms with E-state index in [4.69, 9.17) is 9.47 Å². The molecule has 5 heteroatoms. The number of methoxy groups -OCH3 is 1. The van der Waals surface area contributed by atoms with Gasteiger partial charge in [0.15, 0.2) is 0 Å². The monoisotopic (exact) mass is 255 g/mol. The number of rotatable bonds is 7. The van der Waals surface area contributed by atoms with Gasteiger partial charge in [-0.25, -0.2) is 4.79 Å². The molecule has 0 saturated carbocycles. The lowest BCUT2D eigenvalue weighted by atomic mass is 10.1. The van der Waals surface area contributed by atoms with Crippen LogP contribution < -0.4 is 5.32 Å². The van der Waals surface area contributed by atoms with Gasteiger partial charge >= 0.3 is 5.97 Å². The van der Waals surface area contributed by atoms with E-state index < -0.39 is 12.0 Å². The van der Waals surface area contributed by atoms with Crippen molar-refractivity contribution in [3.05, 3.63) is 12.7 Å². The summed E-state index contributed by atoms with van der Waals surface area (Å²) in [6.45, 7) is 4.67. The van der Waals surface area contributed by atoms with Gasteiger partial charge in [0.05, 0.1) is 19.6 Å². The van der Waals surface area contributed by atoms with Crippen LogP contribution in [0, 0.1) is 5.92 Å². The van der Waals surface area contributed by atoms with Crippen molar-refractivity contribution in [1.82, 2.24) is 5.32 Å². The zero-order valence-electron chi connectivity index (χ0n) is 10.8. The average Bonchev–Trinajstić information content (AvgIpc) is 2.90. The lowest BCUT2D eigenvalue weighted by Gasteiger charge is -2.18. The Hall–Kier alpha value is -1.36. The summed E-state index contributed by atoms with van der Waals surface area (Å²) < 4.78 is 9.85. The van der Waals surface area contributed by atoms with E-state index in [0.29, 0.717) is 26.1 Å². The second-order valence-corrected chi connectivity index (χ2v) is 4.36. The first-order valence-electron chi connectivity index (χ1n) is 6.26. The molecule has 0 spiro atoms. The van der Waals surface area contributed by atoms with Gasteiger partial charge in [-0.15, -0.1) is 6.58 Å². The second kappa shape index (κ2) is 7.87. The molecular formula is C13H21NO4. The molecule has 1 fully saturated rings. The molecule has 102 valence electrons. The second-order valence-electron chi connectivity index (χ2n) is 4.36. The predicted octanol–water partition coefficient (Wildman–Crippen LogP) is 1.04. The first-order valence-corrected chi connectivity index (χ1v) is 6.26. The molecule has 0 aromatic rings. The lowest BCUT2D eigenvalue weighted by molar-refractivity contribution is -0.145. The Morgan fingerprint density at radius 3 is 2.94 bits per heavy atom. The minimum absolute atomic E-state index is 0.124. The lowest BCUT2D eigenvalue weighted by Crippen LogP contribution is -2.44. The molecule has 5 nitrogen and oxygen atoms in total. The van der Waals surface area contributed by atoms with Crippen molar-refractivity contribution in [2.75, 3.05) is 20.3 Å². The van der Waals surface area contributed by atoms with E-state index in [2.05, 4.69) is 11.9 Å². The van der Waals surface area contributed by atoms with Crippen LogP contribution >= 0.6 is 0 Å². The van der Waals surface area contributed by atoms with Gasteiger partial charge in [-0.2, -0.15) is 0 Å². The maximum Gasteiger partial charge on any atom is 0.328 e. The standard InChI is InChI=1S/C13H21NO4/c1-3-4-5-6-11(13(16)17-2)14-12(15)10-7-8-18-9-10/h3,10-11H,1,4-9H2,2H3,(H,14,15)/t10-,11+/m1/s1. The highest BCUT2D eigenvalue weighted by molar-refractivity contribution is 5.85. The molecule has 0 aromatic carbocycles. The quantitative estimate of drug-likeness (QED) is 0.419. The topological polar surface area (TPSA) is 64.6 Å². The molecule has 0 aliphatic carbocycles. The molecule has 18 heavy (non-hydrogen) atoms. The van der Waals surface area contributed by atoms with Crippen molar-refractivity contribution >= 4 is 11.9 Å².